The van der Waals surface area contributed by atoms with Crippen molar-refractivity contribution < 1.29 is 13.2 Å². The Bertz CT molecular complexity index is 1170. The second-order valence-electron chi connectivity index (χ2n) is 7.51. The molecule has 156 valence electrons. The summed E-state index contributed by atoms with van der Waals surface area (Å²) < 4.78 is 30.3. The number of carbonyl (C=O) groups is 1. The van der Waals surface area contributed by atoms with Crippen LogP contribution in [-0.2, 0) is 21.2 Å². The number of rotatable bonds is 5. The topological polar surface area (TPSA) is 97.2 Å². The first-order valence-corrected chi connectivity index (χ1v) is 11.1. The minimum absolute atomic E-state index is 0.0193. The number of fused-ring (bicyclic) bond motifs is 1. The number of carbonyl (C=O) groups excluding carboxylic acids is 1. The number of aromatic nitrogens is 3. The first-order chi connectivity index (χ1) is 14.3. The van der Waals surface area contributed by atoms with E-state index in [1.807, 2.05) is 31.2 Å². The monoisotopic (exact) mass is 425 g/mol. The molecule has 30 heavy (non-hydrogen) atoms. The summed E-state index contributed by atoms with van der Waals surface area (Å²) in [5.74, 6) is -0.0436. The van der Waals surface area contributed by atoms with Crippen LogP contribution < -0.4 is 9.62 Å². The molecule has 1 N–H and O–H groups in total. The lowest BCUT2D eigenvalue weighted by atomic mass is 10.1. The number of nitrogens with zero attached hydrogens (tertiary/aromatic N) is 4. The van der Waals surface area contributed by atoms with Crippen molar-refractivity contribution in [3.05, 3.63) is 66.2 Å². The molecule has 0 fully saturated rings. The molecule has 1 aliphatic heterocycles. The molecule has 2 heterocycles. The van der Waals surface area contributed by atoms with Crippen molar-refractivity contribution >= 4 is 21.6 Å². The quantitative estimate of drug-likeness (QED) is 0.678. The van der Waals surface area contributed by atoms with E-state index in [0.717, 1.165) is 22.5 Å². The predicted molar refractivity (Wildman–Crippen MR) is 113 cm³/mol. The van der Waals surface area contributed by atoms with Gasteiger partial charge in [-0.1, -0.05) is 12.1 Å². The summed E-state index contributed by atoms with van der Waals surface area (Å²) in [4.78, 5) is 17.7. The minimum atomic E-state index is -3.72. The molecule has 2 aromatic carbocycles. The van der Waals surface area contributed by atoms with Crippen molar-refractivity contribution in [1.82, 2.24) is 19.5 Å². The van der Waals surface area contributed by atoms with Crippen molar-refractivity contribution in [3.8, 4) is 5.69 Å². The van der Waals surface area contributed by atoms with E-state index in [2.05, 4.69) is 14.8 Å². The number of nitrogens with one attached hydrogen (secondary N) is 1. The Hall–Kier alpha value is -3.04. The SMILES string of the molecule is CC(=O)N1c2ccc(S(=O)(=O)N[C@H](C)c3ccc(-n4cncn4)cc3)cc2C[C@@H]1C. The van der Waals surface area contributed by atoms with Crippen molar-refractivity contribution in [3.63, 3.8) is 0 Å². The van der Waals surface area contributed by atoms with Gasteiger partial charge in [0.2, 0.25) is 15.9 Å². The van der Waals surface area contributed by atoms with E-state index in [1.165, 1.54) is 13.3 Å². The smallest absolute Gasteiger partial charge is 0.241 e. The number of hydrogen-bond acceptors (Lipinski definition) is 5. The largest absolute Gasteiger partial charge is 0.309 e. The Morgan fingerprint density at radius 3 is 2.57 bits per heavy atom. The third kappa shape index (κ3) is 3.73. The average Bonchev–Trinajstić information content (AvgIpc) is 3.34. The molecule has 0 saturated carbocycles. The molecule has 4 rings (SSSR count). The number of hydrogen-bond donors (Lipinski definition) is 1. The first-order valence-electron chi connectivity index (χ1n) is 9.66. The van der Waals surface area contributed by atoms with Crippen molar-refractivity contribution in [1.29, 1.82) is 0 Å². The van der Waals surface area contributed by atoms with Gasteiger partial charge in [-0.25, -0.2) is 22.8 Å². The maximum atomic E-state index is 13.0. The Kier molecular flexibility index (Phi) is 5.17. The second kappa shape index (κ2) is 7.66. The summed E-state index contributed by atoms with van der Waals surface area (Å²) in [5.41, 5.74) is 3.32. The van der Waals surface area contributed by atoms with Crippen LogP contribution in [0.3, 0.4) is 0 Å². The van der Waals surface area contributed by atoms with E-state index >= 15 is 0 Å². The highest BCUT2D eigenvalue weighted by Gasteiger charge is 2.30. The van der Waals surface area contributed by atoms with Crippen molar-refractivity contribution in [2.45, 2.75) is 44.2 Å². The lowest BCUT2D eigenvalue weighted by Gasteiger charge is -2.20. The van der Waals surface area contributed by atoms with Crippen LogP contribution in [0, 0.1) is 0 Å². The van der Waals surface area contributed by atoms with Gasteiger partial charge in [0.25, 0.3) is 0 Å². The van der Waals surface area contributed by atoms with Gasteiger partial charge in [0.05, 0.1) is 10.6 Å². The molecule has 0 saturated heterocycles. The summed E-state index contributed by atoms with van der Waals surface area (Å²) in [7, 11) is -3.72. The van der Waals surface area contributed by atoms with E-state index in [1.54, 1.807) is 41.0 Å². The summed E-state index contributed by atoms with van der Waals surface area (Å²) in [5, 5.41) is 4.08. The van der Waals surface area contributed by atoms with Crippen LogP contribution in [0.5, 0.6) is 0 Å². The van der Waals surface area contributed by atoms with E-state index in [4.69, 9.17) is 0 Å². The summed E-state index contributed by atoms with van der Waals surface area (Å²) >= 11 is 0. The van der Waals surface area contributed by atoms with Gasteiger partial charge in [-0.15, -0.1) is 0 Å². The van der Waals surface area contributed by atoms with Gasteiger partial charge in [-0.2, -0.15) is 5.10 Å². The maximum absolute atomic E-state index is 13.0. The number of amides is 1. The molecule has 3 aromatic rings. The molecule has 0 bridgehead atoms. The standard InChI is InChI=1S/C21H23N5O3S/c1-14-10-18-11-20(8-9-21(18)26(14)16(3)27)30(28,29)24-15(2)17-4-6-19(7-5-17)25-13-22-12-23-25/h4-9,11-15,24H,10H2,1-3H3/t14-,15+/m0/s1. The predicted octanol–water partition coefficient (Wildman–Crippen LogP) is 2.60. The minimum Gasteiger partial charge on any atom is -0.309 e. The summed E-state index contributed by atoms with van der Waals surface area (Å²) in [6.07, 6.45) is 3.69. The fourth-order valence-corrected chi connectivity index (χ4v) is 5.16. The van der Waals surface area contributed by atoms with Gasteiger partial charge in [0, 0.05) is 24.7 Å². The zero-order valence-electron chi connectivity index (χ0n) is 17.0. The molecule has 1 aromatic heterocycles. The normalized spacial score (nSPS) is 17.0. The summed E-state index contributed by atoms with van der Waals surface area (Å²) in [6.45, 7) is 5.28. The lowest BCUT2D eigenvalue weighted by molar-refractivity contribution is -0.116. The van der Waals surface area contributed by atoms with Gasteiger partial charge in [-0.05, 0) is 61.7 Å². The molecule has 0 radical (unpaired) electrons. The molecule has 0 aliphatic carbocycles. The molecular formula is C21H23N5O3S. The fourth-order valence-electron chi connectivity index (χ4n) is 3.88. The molecule has 8 nitrogen and oxygen atoms in total. The van der Waals surface area contributed by atoms with Crippen molar-refractivity contribution in [2.24, 2.45) is 0 Å². The van der Waals surface area contributed by atoms with Gasteiger partial charge < -0.3 is 4.90 Å². The van der Waals surface area contributed by atoms with Crippen LogP contribution in [0.4, 0.5) is 5.69 Å². The zero-order chi connectivity index (χ0) is 21.5. The van der Waals surface area contributed by atoms with Gasteiger partial charge in [0.15, 0.2) is 0 Å². The average molecular weight is 426 g/mol. The van der Waals surface area contributed by atoms with E-state index in [0.29, 0.717) is 6.42 Å². The molecule has 1 aliphatic rings. The van der Waals surface area contributed by atoms with Crippen molar-refractivity contribution in [2.75, 3.05) is 4.90 Å². The second-order valence-corrected chi connectivity index (χ2v) is 9.22. The zero-order valence-corrected chi connectivity index (χ0v) is 17.8. The molecule has 2 atom stereocenters. The van der Waals surface area contributed by atoms with Gasteiger partial charge >= 0.3 is 0 Å². The maximum Gasteiger partial charge on any atom is 0.241 e. The fraction of sp³-hybridized carbons (Fsp3) is 0.286. The van der Waals surface area contributed by atoms with E-state index < -0.39 is 16.1 Å². The van der Waals surface area contributed by atoms with E-state index in [-0.39, 0.29) is 16.8 Å². The first kappa shape index (κ1) is 20.2. The highest BCUT2D eigenvalue weighted by molar-refractivity contribution is 7.89. The Morgan fingerprint density at radius 2 is 1.93 bits per heavy atom. The van der Waals surface area contributed by atoms with Crippen LogP contribution in [0.2, 0.25) is 0 Å². The lowest BCUT2D eigenvalue weighted by Crippen LogP contribution is -2.33. The Morgan fingerprint density at radius 1 is 1.20 bits per heavy atom. The van der Waals surface area contributed by atoms with Gasteiger partial charge in [-0.3, -0.25) is 4.79 Å². The van der Waals surface area contributed by atoms with Gasteiger partial charge in [0.1, 0.15) is 12.7 Å². The molecule has 9 heteroatoms. The Balaban J connectivity index is 1.53. The van der Waals surface area contributed by atoms with Crippen LogP contribution in [0.1, 0.15) is 37.9 Å². The van der Waals surface area contributed by atoms with Crippen LogP contribution in [0.15, 0.2) is 60.0 Å². The molecule has 0 unspecified atom stereocenters. The van der Waals surface area contributed by atoms with Crippen LogP contribution >= 0.6 is 0 Å². The number of benzene rings is 2. The molecule has 0 spiro atoms. The molecule has 1 amide bonds. The molecular weight excluding hydrogens is 402 g/mol. The van der Waals surface area contributed by atoms with E-state index in [9.17, 15) is 13.2 Å². The third-order valence-electron chi connectivity index (χ3n) is 5.32. The highest BCUT2D eigenvalue weighted by Crippen LogP contribution is 2.34. The third-order valence-corrected chi connectivity index (χ3v) is 6.86. The van der Waals surface area contributed by atoms with Crippen LogP contribution in [0.25, 0.3) is 5.69 Å². The number of anilines is 1. The van der Waals surface area contributed by atoms with Crippen LogP contribution in [-0.4, -0.2) is 35.1 Å². The number of sulfonamides is 1. The Labute approximate surface area is 175 Å². The highest BCUT2D eigenvalue weighted by atomic mass is 32.2. The summed E-state index contributed by atoms with van der Waals surface area (Å²) in [6, 6.07) is 12.0.